The standard InChI is InChI=1S/C8H9IOSi/c1-2-10-11-8-6-4-3-5-7(8)9/h3-6H,2H2,1H3. The summed E-state index contributed by atoms with van der Waals surface area (Å²) >= 11 is 2.33. The van der Waals surface area contributed by atoms with Crippen LogP contribution in [0.2, 0.25) is 0 Å². The third kappa shape index (κ3) is 2.92. The summed E-state index contributed by atoms with van der Waals surface area (Å²) < 4.78 is 6.61. The van der Waals surface area contributed by atoms with Crippen molar-refractivity contribution in [3.63, 3.8) is 0 Å². The first kappa shape index (κ1) is 9.22. The minimum atomic E-state index is 0.496. The Bertz CT molecular complexity index is 227. The van der Waals surface area contributed by atoms with E-state index in [9.17, 15) is 0 Å². The zero-order valence-electron chi connectivity index (χ0n) is 6.30. The molecule has 1 rings (SSSR count). The molecule has 0 bridgehead atoms. The van der Waals surface area contributed by atoms with Gasteiger partial charge in [0.1, 0.15) is 0 Å². The molecule has 0 amide bonds. The van der Waals surface area contributed by atoms with Gasteiger partial charge in [-0.1, -0.05) is 18.2 Å². The Balaban J connectivity index is 2.62. The van der Waals surface area contributed by atoms with Gasteiger partial charge in [0, 0.05) is 10.2 Å². The van der Waals surface area contributed by atoms with Crippen molar-refractivity contribution >= 4 is 37.5 Å². The molecular formula is C8H9IOSi. The molecular weight excluding hydrogens is 267 g/mol. The lowest BCUT2D eigenvalue weighted by atomic mass is 10.4. The first-order valence-electron chi connectivity index (χ1n) is 3.47. The molecule has 58 valence electrons. The summed E-state index contributed by atoms with van der Waals surface area (Å²) in [5.74, 6) is 0. The van der Waals surface area contributed by atoms with Crippen molar-refractivity contribution in [1.82, 2.24) is 0 Å². The van der Waals surface area contributed by atoms with Crippen LogP contribution < -0.4 is 5.19 Å². The van der Waals surface area contributed by atoms with Gasteiger partial charge in [-0.25, -0.2) is 0 Å². The fourth-order valence-corrected chi connectivity index (χ4v) is 2.06. The van der Waals surface area contributed by atoms with E-state index in [0.717, 1.165) is 6.61 Å². The van der Waals surface area contributed by atoms with E-state index < -0.39 is 0 Å². The molecule has 0 aliphatic rings. The van der Waals surface area contributed by atoms with Crippen molar-refractivity contribution in [2.75, 3.05) is 6.61 Å². The van der Waals surface area contributed by atoms with E-state index >= 15 is 0 Å². The van der Waals surface area contributed by atoms with Crippen molar-refractivity contribution in [2.24, 2.45) is 0 Å². The number of hydrogen-bond donors (Lipinski definition) is 0. The highest BCUT2D eigenvalue weighted by Crippen LogP contribution is 1.98. The molecule has 0 unspecified atom stereocenters. The van der Waals surface area contributed by atoms with Gasteiger partial charge in [0.2, 0.25) is 0 Å². The highest BCUT2D eigenvalue weighted by Gasteiger charge is 1.98. The van der Waals surface area contributed by atoms with E-state index in [1.807, 2.05) is 19.1 Å². The van der Waals surface area contributed by atoms with E-state index in [4.69, 9.17) is 4.43 Å². The van der Waals surface area contributed by atoms with E-state index in [2.05, 4.69) is 34.7 Å². The average molecular weight is 276 g/mol. The lowest BCUT2D eigenvalue weighted by Gasteiger charge is -2.00. The Labute approximate surface area is 83.2 Å². The minimum Gasteiger partial charge on any atom is -0.412 e. The van der Waals surface area contributed by atoms with Gasteiger partial charge in [0.05, 0.1) is 0 Å². The summed E-state index contributed by atoms with van der Waals surface area (Å²) in [6, 6.07) is 8.29. The predicted molar refractivity (Wildman–Crippen MR) is 56.2 cm³/mol. The van der Waals surface area contributed by atoms with Crippen LogP contribution in [0.25, 0.3) is 0 Å². The Kier molecular flexibility index (Phi) is 4.10. The van der Waals surface area contributed by atoms with Gasteiger partial charge in [-0.05, 0) is 40.8 Å². The largest absolute Gasteiger partial charge is 0.412 e. The van der Waals surface area contributed by atoms with Crippen LogP contribution in [0, 0.1) is 3.57 Å². The fourth-order valence-electron chi connectivity index (χ4n) is 0.694. The quantitative estimate of drug-likeness (QED) is 0.601. The van der Waals surface area contributed by atoms with Crippen molar-refractivity contribution in [3.8, 4) is 0 Å². The van der Waals surface area contributed by atoms with Gasteiger partial charge in [0.25, 0.3) is 9.76 Å². The molecule has 1 nitrogen and oxygen atoms in total. The molecule has 0 aromatic heterocycles. The third-order valence-corrected chi connectivity index (χ3v) is 3.74. The monoisotopic (exact) mass is 276 g/mol. The number of benzene rings is 1. The maximum absolute atomic E-state index is 5.32. The second-order valence-corrected chi connectivity index (χ2v) is 4.21. The van der Waals surface area contributed by atoms with Gasteiger partial charge in [-0.3, -0.25) is 0 Å². The lowest BCUT2D eigenvalue weighted by molar-refractivity contribution is 0.367. The normalized spacial score (nSPS) is 10.0. The van der Waals surface area contributed by atoms with Gasteiger partial charge in [-0.15, -0.1) is 0 Å². The molecule has 0 N–H and O–H groups in total. The topological polar surface area (TPSA) is 9.23 Å². The van der Waals surface area contributed by atoms with Crippen LogP contribution in [-0.2, 0) is 4.43 Å². The summed E-state index contributed by atoms with van der Waals surface area (Å²) in [6.45, 7) is 2.81. The zero-order valence-corrected chi connectivity index (χ0v) is 9.46. The first-order chi connectivity index (χ1) is 5.34. The Morgan fingerprint density at radius 2 is 2.18 bits per heavy atom. The van der Waals surface area contributed by atoms with Crippen molar-refractivity contribution < 1.29 is 4.43 Å². The Morgan fingerprint density at radius 3 is 2.82 bits per heavy atom. The maximum atomic E-state index is 5.32. The van der Waals surface area contributed by atoms with Crippen LogP contribution in [-0.4, -0.2) is 16.4 Å². The smallest absolute Gasteiger partial charge is 0.269 e. The van der Waals surface area contributed by atoms with Crippen LogP contribution in [0.5, 0.6) is 0 Å². The summed E-state index contributed by atoms with van der Waals surface area (Å²) in [5, 5.41) is 1.30. The minimum absolute atomic E-state index is 0.496. The number of rotatable bonds is 3. The molecule has 0 heterocycles. The molecule has 0 aliphatic carbocycles. The van der Waals surface area contributed by atoms with Gasteiger partial charge < -0.3 is 4.43 Å². The van der Waals surface area contributed by atoms with Crippen molar-refractivity contribution in [2.45, 2.75) is 6.92 Å². The molecule has 0 fully saturated rings. The number of halogens is 1. The fraction of sp³-hybridized carbons (Fsp3) is 0.250. The average Bonchev–Trinajstić information content (AvgIpc) is 2.03. The van der Waals surface area contributed by atoms with Crippen LogP contribution in [0.3, 0.4) is 0 Å². The summed E-state index contributed by atoms with van der Waals surface area (Å²) in [4.78, 5) is 0. The molecule has 0 atom stereocenters. The van der Waals surface area contributed by atoms with E-state index in [1.165, 1.54) is 8.76 Å². The first-order valence-corrected chi connectivity index (χ1v) is 5.45. The van der Waals surface area contributed by atoms with E-state index in [-0.39, 0.29) is 0 Å². The van der Waals surface area contributed by atoms with E-state index in [1.54, 1.807) is 0 Å². The maximum Gasteiger partial charge on any atom is 0.269 e. The summed E-state index contributed by atoms with van der Waals surface area (Å²) in [5.41, 5.74) is 0. The summed E-state index contributed by atoms with van der Waals surface area (Å²) in [6.07, 6.45) is 0. The molecule has 3 heteroatoms. The molecule has 1 aromatic rings. The van der Waals surface area contributed by atoms with Crippen molar-refractivity contribution in [1.29, 1.82) is 0 Å². The second-order valence-electron chi connectivity index (χ2n) is 2.01. The molecule has 0 aliphatic heterocycles. The highest BCUT2D eigenvalue weighted by atomic mass is 127. The lowest BCUT2D eigenvalue weighted by Crippen LogP contribution is -2.20. The highest BCUT2D eigenvalue weighted by molar-refractivity contribution is 14.1. The Hall–Kier alpha value is 0.127. The van der Waals surface area contributed by atoms with Crippen LogP contribution in [0.4, 0.5) is 0 Å². The molecule has 0 saturated carbocycles. The molecule has 1 aromatic carbocycles. The molecule has 11 heavy (non-hydrogen) atoms. The van der Waals surface area contributed by atoms with Crippen LogP contribution in [0.15, 0.2) is 24.3 Å². The van der Waals surface area contributed by atoms with Crippen LogP contribution in [0.1, 0.15) is 6.92 Å². The van der Waals surface area contributed by atoms with Crippen molar-refractivity contribution in [3.05, 3.63) is 27.8 Å². The zero-order chi connectivity index (χ0) is 8.10. The van der Waals surface area contributed by atoms with Gasteiger partial charge >= 0.3 is 0 Å². The Morgan fingerprint density at radius 1 is 1.45 bits per heavy atom. The predicted octanol–water partition coefficient (Wildman–Crippen LogP) is 1.57. The molecule has 0 saturated heterocycles. The summed E-state index contributed by atoms with van der Waals surface area (Å²) in [7, 11) is 0.496. The number of hydrogen-bond acceptors (Lipinski definition) is 1. The van der Waals surface area contributed by atoms with Crippen LogP contribution >= 0.6 is 22.6 Å². The SMILES string of the molecule is CCO[Si]c1ccccc1I. The third-order valence-electron chi connectivity index (χ3n) is 1.20. The second kappa shape index (κ2) is 4.90. The van der Waals surface area contributed by atoms with E-state index in [0.29, 0.717) is 9.76 Å². The molecule has 2 radical (unpaired) electrons. The molecule has 0 spiro atoms. The van der Waals surface area contributed by atoms with Gasteiger partial charge in [-0.2, -0.15) is 0 Å². The van der Waals surface area contributed by atoms with Gasteiger partial charge in [0.15, 0.2) is 0 Å².